The first-order valence-electron chi connectivity index (χ1n) is 9.96. The molecule has 4 rings (SSSR count). The maximum absolute atomic E-state index is 12.5. The lowest BCUT2D eigenvalue weighted by Gasteiger charge is -2.32. The molecule has 28 heavy (non-hydrogen) atoms. The second kappa shape index (κ2) is 7.75. The molecule has 0 N–H and O–H groups in total. The van der Waals surface area contributed by atoms with Crippen LogP contribution in [0.3, 0.4) is 0 Å². The number of likely N-dealkylation sites (tertiary alicyclic amines) is 1. The predicted octanol–water partition coefficient (Wildman–Crippen LogP) is 2.15. The molecule has 4 atom stereocenters. The molecule has 3 heterocycles. The summed E-state index contributed by atoms with van der Waals surface area (Å²) >= 11 is 1.46. The minimum Gasteiger partial charge on any atom is -0.466 e. The fourth-order valence-electron chi connectivity index (χ4n) is 4.46. The first-order chi connectivity index (χ1) is 13.5. The number of hydrogen-bond acceptors (Lipinski definition) is 7. The van der Waals surface area contributed by atoms with E-state index >= 15 is 0 Å². The van der Waals surface area contributed by atoms with E-state index < -0.39 is 0 Å². The Hall–Kier alpha value is -2.06. The van der Waals surface area contributed by atoms with Crippen molar-refractivity contribution in [3.05, 3.63) is 39.3 Å². The van der Waals surface area contributed by atoms with Crippen LogP contribution in [0.4, 0.5) is 0 Å². The van der Waals surface area contributed by atoms with Crippen molar-refractivity contribution in [1.29, 1.82) is 0 Å². The van der Waals surface area contributed by atoms with Crippen molar-refractivity contribution in [2.24, 2.45) is 23.7 Å². The van der Waals surface area contributed by atoms with Crippen LogP contribution >= 0.6 is 11.3 Å². The molecule has 0 spiro atoms. The lowest BCUT2D eigenvalue weighted by Crippen LogP contribution is -2.37. The van der Waals surface area contributed by atoms with Gasteiger partial charge in [-0.25, -0.2) is 4.98 Å². The third-order valence-corrected chi connectivity index (χ3v) is 6.82. The van der Waals surface area contributed by atoms with Crippen molar-refractivity contribution in [3.63, 3.8) is 0 Å². The van der Waals surface area contributed by atoms with E-state index in [1.54, 1.807) is 6.07 Å². The Labute approximate surface area is 168 Å². The zero-order chi connectivity index (χ0) is 19.8. The van der Waals surface area contributed by atoms with Gasteiger partial charge in [-0.05, 0) is 31.1 Å². The van der Waals surface area contributed by atoms with Gasteiger partial charge in [-0.1, -0.05) is 37.3 Å². The maximum Gasteiger partial charge on any atom is 0.309 e. The highest BCUT2D eigenvalue weighted by Gasteiger charge is 2.44. The monoisotopic (exact) mass is 402 g/mol. The molecule has 1 aliphatic heterocycles. The Bertz CT molecular complexity index is 966. The standard InChI is InChI=1S/C20H26N4O3S/c1-4-16-22-24-17(25)8-14(21-20(24)28-16)10-23-9-13-7-6-12(3)18(15(13)11-23)19(26)27-5-2/h6-8,12-13,15,18H,4-5,9-11H2,1-3H3/t12-,13-,15-,18-/m0/s1. The number of aryl methyl sites for hydroxylation is 1. The molecule has 1 saturated heterocycles. The molecule has 2 aromatic rings. The molecule has 0 aromatic carbocycles. The van der Waals surface area contributed by atoms with Crippen molar-refractivity contribution in [2.45, 2.75) is 33.7 Å². The normalized spacial score (nSPS) is 27.2. The molecule has 0 amide bonds. The molecule has 0 unspecified atom stereocenters. The van der Waals surface area contributed by atoms with Gasteiger partial charge in [-0.3, -0.25) is 14.5 Å². The lowest BCUT2D eigenvalue weighted by atomic mass is 9.72. The van der Waals surface area contributed by atoms with Gasteiger partial charge in [0.1, 0.15) is 5.01 Å². The summed E-state index contributed by atoms with van der Waals surface area (Å²) in [4.78, 5) is 32.5. The molecular weight excluding hydrogens is 376 g/mol. The summed E-state index contributed by atoms with van der Waals surface area (Å²) in [6.45, 7) is 8.65. The van der Waals surface area contributed by atoms with Crippen molar-refractivity contribution in [1.82, 2.24) is 19.5 Å². The van der Waals surface area contributed by atoms with E-state index in [4.69, 9.17) is 4.74 Å². The molecule has 2 aromatic heterocycles. The predicted molar refractivity (Wildman–Crippen MR) is 107 cm³/mol. The summed E-state index contributed by atoms with van der Waals surface area (Å²) in [5, 5.41) is 5.21. The summed E-state index contributed by atoms with van der Waals surface area (Å²) in [6, 6.07) is 1.58. The topological polar surface area (TPSA) is 76.8 Å². The van der Waals surface area contributed by atoms with Gasteiger partial charge >= 0.3 is 5.97 Å². The Morgan fingerprint density at radius 3 is 2.89 bits per heavy atom. The van der Waals surface area contributed by atoms with Crippen LogP contribution in [0.2, 0.25) is 0 Å². The summed E-state index contributed by atoms with van der Waals surface area (Å²) in [6.07, 6.45) is 5.18. The number of aromatic nitrogens is 3. The van der Waals surface area contributed by atoms with Gasteiger partial charge < -0.3 is 4.74 Å². The number of hydrogen-bond donors (Lipinski definition) is 0. The molecule has 0 bridgehead atoms. The molecule has 150 valence electrons. The number of esters is 1. The molecule has 1 fully saturated rings. The molecule has 0 radical (unpaired) electrons. The fraction of sp³-hybridized carbons (Fsp3) is 0.600. The zero-order valence-electron chi connectivity index (χ0n) is 16.5. The maximum atomic E-state index is 12.5. The number of carbonyl (C=O) groups excluding carboxylic acids is 1. The largest absolute Gasteiger partial charge is 0.466 e. The second-order valence-electron chi connectivity index (χ2n) is 7.67. The Morgan fingerprint density at radius 1 is 1.32 bits per heavy atom. The average molecular weight is 403 g/mol. The number of fused-ring (bicyclic) bond motifs is 2. The van der Waals surface area contributed by atoms with Crippen molar-refractivity contribution >= 4 is 22.3 Å². The Morgan fingerprint density at radius 2 is 2.14 bits per heavy atom. The van der Waals surface area contributed by atoms with E-state index in [9.17, 15) is 9.59 Å². The first-order valence-corrected chi connectivity index (χ1v) is 10.8. The molecule has 0 saturated carbocycles. The van der Waals surface area contributed by atoms with E-state index in [0.717, 1.165) is 30.2 Å². The average Bonchev–Trinajstić information content (AvgIpc) is 3.25. The van der Waals surface area contributed by atoms with Crippen LogP contribution in [0, 0.1) is 23.7 Å². The number of allylic oxidation sites excluding steroid dienone is 1. The van der Waals surface area contributed by atoms with Gasteiger partial charge in [-0.15, -0.1) is 0 Å². The van der Waals surface area contributed by atoms with Crippen LogP contribution in [-0.2, 0) is 22.5 Å². The molecule has 7 nitrogen and oxygen atoms in total. The van der Waals surface area contributed by atoms with Gasteiger partial charge in [0, 0.05) is 25.7 Å². The lowest BCUT2D eigenvalue weighted by molar-refractivity contribution is -0.152. The van der Waals surface area contributed by atoms with Gasteiger partial charge in [-0.2, -0.15) is 9.61 Å². The van der Waals surface area contributed by atoms with Crippen LogP contribution in [0.15, 0.2) is 23.0 Å². The quantitative estimate of drug-likeness (QED) is 0.563. The summed E-state index contributed by atoms with van der Waals surface area (Å²) in [5.41, 5.74) is 0.630. The van der Waals surface area contributed by atoms with E-state index in [0.29, 0.717) is 24.0 Å². The second-order valence-corrected chi connectivity index (χ2v) is 8.71. The highest BCUT2D eigenvalue weighted by Crippen LogP contribution is 2.40. The molecule has 2 aliphatic rings. The zero-order valence-corrected chi connectivity index (χ0v) is 17.3. The van der Waals surface area contributed by atoms with Crippen molar-refractivity contribution < 1.29 is 9.53 Å². The van der Waals surface area contributed by atoms with Gasteiger partial charge in [0.15, 0.2) is 0 Å². The minimum atomic E-state index is -0.134. The number of ether oxygens (including phenoxy) is 1. The van der Waals surface area contributed by atoms with Gasteiger partial charge in [0.05, 0.1) is 18.2 Å². The van der Waals surface area contributed by atoms with Crippen LogP contribution < -0.4 is 5.56 Å². The highest BCUT2D eigenvalue weighted by atomic mass is 32.1. The van der Waals surface area contributed by atoms with Crippen LogP contribution in [-0.4, -0.2) is 45.2 Å². The smallest absolute Gasteiger partial charge is 0.309 e. The third kappa shape index (κ3) is 3.51. The van der Waals surface area contributed by atoms with E-state index in [2.05, 4.69) is 34.1 Å². The number of carbonyl (C=O) groups is 1. The van der Waals surface area contributed by atoms with E-state index in [-0.39, 0.29) is 29.3 Å². The van der Waals surface area contributed by atoms with Gasteiger partial charge in [0.2, 0.25) is 4.96 Å². The molecular formula is C20H26N4O3S. The van der Waals surface area contributed by atoms with E-state index in [1.165, 1.54) is 15.9 Å². The Balaban J connectivity index is 1.53. The van der Waals surface area contributed by atoms with Crippen molar-refractivity contribution in [3.8, 4) is 0 Å². The van der Waals surface area contributed by atoms with E-state index in [1.807, 2.05) is 13.8 Å². The highest BCUT2D eigenvalue weighted by molar-refractivity contribution is 7.16. The SMILES string of the molecule is CCOC(=O)[C@@H]1[C@H]2CN(Cc3cc(=O)n4nc(CC)sc4n3)C[C@@H]2C=C[C@@H]1C. The summed E-state index contributed by atoms with van der Waals surface area (Å²) in [7, 11) is 0. The minimum absolute atomic E-state index is 0.0919. The van der Waals surface area contributed by atoms with Crippen LogP contribution in [0.5, 0.6) is 0 Å². The molecule has 1 aliphatic carbocycles. The summed E-state index contributed by atoms with van der Waals surface area (Å²) in [5.74, 6) is 0.578. The van der Waals surface area contributed by atoms with Crippen molar-refractivity contribution in [2.75, 3.05) is 19.7 Å². The first kappa shape index (κ1) is 19.3. The summed E-state index contributed by atoms with van der Waals surface area (Å²) < 4.78 is 6.72. The number of nitrogens with zero attached hydrogens (tertiary/aromatic N) is 4. The number of rotatable bonds is 5. The van der Waals surface area contributed by atoms with Gasteiger partial charge in [0.25, 0.3) is 5.56 Å². The third-order valence-electron chi connectivity index (χ3n) is 5.76. The molecule has 8 heteroatoms. The Kier molecular flexibility index (Phi) is 5.33. The van der Waals surface area contributed by atoms with Crippen LogP contribution in [0.25, 0.3) is 4.96 Å². The van der Waals surface area contributed by atoms with Crippen LogP contribution in [0.1, 0.15) is 31.5 Å². The fourth-order valence-corrected chi connectivity index (χ4v) is 5.32.